The van der Waals surface area contributed by atoms with Crippen LogP contribution in [0.4, 0.5) is 0 Å². The third-order valence-corrected chi connectivity index (χ3v) is 1.30. The van der Waals surface area contributed by atoms with Crippen LogP contribution < -0.4 is 5.73 Å². The Hall–Kier alpha value is -0.410. The number of carbonyl (C=O) groups is 1. The quantitative estimate of drug-likeness (QED) is 0.509. The number of carbonyl (C=O) groups excluding carboxylic acids is 1. The molecule has 0 aliphatic carbocycles. The van der Waals surface area contributed by atoms with E-state index in [-0.39, 0.29) is 5.92 Å². The Balaban J connectivity index is 3.71. The van der Waals surface area contributed by atoms with Crippen LogP contribution in [-0.2, 0) is 4.79 Å². The molecule has 0 heterocycles. The van der Waals surface area contributed by atoms with Crippen LogP contribution in [0.25, 0.3) is 0 Å². The predicted octanol–water partition coefficient (Wildman–Crippen LogP) is -0.471. The molecule has 0 aliphatic rings. The second kappa shape index (κ2) is 3.58. The van der Waals surface area contributed by atoms with Crippen molar-refractivity contribution in [3.63, 3.8) is 0 Å². The average Bonchev–Trinajstić information content (AvgIpc) is 1.84. The van der Waals surface area contributed by atoms with Crippen molar-refractivity contribution in [1.29, 1.82) is 0 Å². The first kappa shape index (κ1) is 8.59. The molecule has 0 saturated carbocycles. The molecule has 3 nitrogen and oxygen atoms in total. The van der Waals surface area contributed by atoms with E-state index in [9.17, 15) is 4.79 Å². The fourth-order valence-electron chi connectivity index (χ4n) is 0.485. The fraction of sp³-hybridized carbons (Fsp3) is 0.833. The molecule has 0 aromatic carbocycles. The van der Waals surface area contributed by atoms with Crippen LogP contribution >= 0.6 is 0 Å². The van der Waals surface area contributed by atoms with Gasteiger partial charge in [0.05, 0.1) is 0 Å². The molecular formula is C6H13NO2. The number of aliphatic hydroxyl groups is 1. The summed E-state index contributed by atoms with van der Waals surface area (Å²) in [4.78, 5) is 9.92. The highest BCUT2D eigenvalue weighted by atomic mass is 16.3. The van der Waals surface area contributed by atoms with E-state index in [1.165, 1.54) is 0 Å². The van der Waals surface area contributed by atoms with Gasteiger partial charge in [-0.1, -0.05) is 13.8 Å². The van der Waals surface area contributed by atoms with Gasteiger partial charge in [-0.05, 0) is 5.92 Å². The van der Waals surface area contributed by atoms with Crippen molar-refractivity contribution in [2.75, 3.05) is 0 Å². The molecule has 0 bridgehead atoms. The first-order valence-electron chi connectivity index (χ1n) is 2.98. The molecule has 54 valence electrons. The topological polar surface area (TPSA) is 63.3 Å². The van der Waals surface area contributed by atoms with Gasteiger partial charge in [0.25, 0.3) is 0 Å². The normalized spacial score (nSPS) is 17.4. The Morgan fingerprint density at radius 2 is 2.00 bits per heavy atom. The molecule has 0 aromatic rings. The van der Waals surface area contributed by atoms with E-state index in [1.807, 2.05) is 13.8 Å². The minimum absolute atomic E-state index is 0.144. The summed E-state index contributed by atoms with van der Waals surface area (Å²) in [5, 5.41) is 8.80. The van der Waals surface area contributed by atoms with Crippen LogP contribution in [0.15, 0.2) is 0 Å². The molecule has 0 fully saturated rings. The van der Waals surface area contributed by atoms with Gasteiger partial charge >= 0.3 is 0 Å². The smallest absolute Gasteiger partial charge is 0.150 e. The average molecular weight is 131 g/mol. The largest absolute Gasteiger partial charge is 0.384 e. The summed E-state index contributed by atoms with van der Waals surface area (Å²) >= 11 is 0. The van der Waals surface area contributed by atoms with Crippen molar-refractivity contribution in [3.05, 3.63) is 0 Å². The van der Waals surface area contributed by atoms with Gasteiger partial charge in [0, 0.05) is 6.04 Å². The van der Waals surface area contributed by atoms with Crippen molar-refractivity contribution in [2.45, 2.75) is 26.0 Å². The van der Waals surface area contributed by atoms with Crippen LogP contribution in [0, 0.1) is 5.92 Å². The third-order valence-electron chi connectivity index (χ3n) is 1.30. The molecule has 9 heavy (non-hydrogen) atoms. The minimum atomic E-state index is -1.01. The molecule has 2 unspecified atom stereocenters. The monoisotopic (exact) mass is 131 g/mol. The standard InChI is InChI=1S/C6H13NO2/c1-4(2)6(7)5(9)3-8/h3-6,9H,7H2,1-2H3. The highest BCUT2D eigenvalue weighted by Gasteiger charge is 2.16. The van der Waals surface area contributed by atoms with E-state index in [2.05, 4.69) is 0 Å². The lowest BCUT2D eigenvalue weighted by molar-refractivity contribution is -0.116. The highest BCUT2D eigenvalue weighted by molar-refractivity contribution is 5.56. The Bertz CT molecular complexity index is 93.1. The number of rotatable bonds is 3. The molecule has 0 spiro atoms. The van der Waals surface area contributed by atoms with Crippen molar-refractivity contribution < 1.29 is 9.90 Å². The van der Waals surface area contributed by atoms with Gasteiger partial charge in [-0.25, -0.2) is 0 Å². The van der Waals surface area contributed by atoms with E-state index < -0.39 is 12.1 Å². The van der Waals surface area contributed by atoms with E-state index in [0.29, 0.717) is 6.29 Å². The number of hydrogen-bond acceptors (Lipinski definition) is 3. The summed E-state index contributed by atoms with van der Waals surface area (Å²) in [5.74, 6) is 0.144. The lowest BCUT2D eigenvalue weighted by Gasteiger charge is -2.16. The van der Waals surface area contributed by atoms with Gasteiger partial charge in [-0.2, -0.15) is 0 Å². The van der Waals surface area contributed by atoms with Crippen molar-refractivity contribution in [1.82, 2.24) is 0 Å². The number of aldehydes is 1. The summed E-state index contributed by atoms with van der Waals surface area (Å²) in [7, 11) is 0. The van der Waals surface area contributed by atoms with Crippen LogP contribution in [0.5, 0.6) is 0 Å². The SMILES string of the molecule is CC(C)C(N)C(O)C=O. The van der Waals surface area contributed by atoms with E-state index in [4.69, 9.17) is 10.8 Å². The van der Waals surface area contributed by atoms with Crippen LogP contribution in [0.1, 0.15) is 13.8 Å². The van der Waals surface area contributed by atoms with Gasteiger partial charge < -0.3 is 15.6 Å². The second-order valence-electron chi connectivity index (χ2n) is 2.45. The van der Waals surface area contributed by atoms with Crippen molar-refractivity contribution >= 4 is 6.29 Å². The summed E-state index contributed by atoms with van der Waals surface area (Å²) in [5.41, 5.74) is 5.39. The zero-order valence-corrected chi connectivity index (χ0v) is 5.74. The highest BCUT2D eigenvalue weighted by Crippen LogP contribution is 2.00. The molecule has 0 rings (SSSR count). The summed E-state index contributed by atoms with van der Waals surface area (Å²) in [6, 6.07) is -0.428. The van der Waals surface area contributed by atoms with Crippen molar-refractivity contribution in [3.8, 4) is 0 Å². The third kappa shape index (κ3) is 2.58. The maximum absolute atomic E-state index is 9.92. The molecular weight excluding hydrogens is 118 g/mol. The maximum Gasteiger partial charge on any atom is 0.150 e. The lowest BCUT2D eigenvalue weighted by atomic mass is 10.0. The minimum Gasteiger partial charge on any atom is -0.384 e. The number of aliphatic hydroxyl groups excluding tert-OH is 1. The zero-order chi connectivity index (χ0) is 7.44. The Labute approximate surface area is 54.9 Å². The first-order valence-corrected chi connectivity index (χ1v) is 2.98. The predicted molar refractivity (Wildman–Crippen MR) is 34.9 cm³/mol. The number of nitrogens with two attached hydrogens (primary N) is 1. The van der Waals surface area contributed by atoms with Crippen molar-refractivity contribution in [2.24, 2.45) is 11.7 Å². The van der Waals surface area contributed by atoms with Gasteiger partial charge in [-0.3, -0.25) is 0 Å². The molecule has 0 aliphatic heterocycles. The summed E-state index contributed by atoms with van der Waals surface area (Å²) in [6.07, 6.45) is -0.546. The van der Waals surface area contributed by atoms with Gasteiger partial charge in [0.15, 0.2) is 0 Å². The summed E-state index contributed by atoms with van der Waals surface area (Å²) < 4.78 is 0. The van der Waals surface area contributed by atoms with Crippen LogP contribution in [0.2, 0.25) is 0 Å². The summed E-state index contributed by atoms with van der Waals surface area (Å²) in [6.45, 7) is 3.72. The Morgan fingerprint density at radius 1 is 1.56 bits per heavy atom. The van der Waals surface area contributed by atoms with Gasteiger partial charge in [0.1, 0.15) is 12.4 Å². The van der Waals surface area contributed by atoms with Gasteiger partial charge in [-0.15, -0.1) is 0 Å². The van der Waals surface area contributed by atoms with E-state index in [1.54, 1.807) is 0 Å². The fourth-order valence-corrected chi connectivity index (χ4v) is 0.485. The molecule has 3 heteroatoms. The lowest BCUT2D eigenvalue weighted by Crippen LogP contribution is -2.39. The molecule has 0 saturated heterocycles. The molecule has 3 N–H and O–H groups in total. The van der Waals surface area contributed by atoms with E-state index >= 15 is 0 Å². The Kier molecular flexibility index (Phi) is 3.42. The zero-order valence-electron chi connectivity index (χ0n) is 5.74. The molecule has 2 atom stereocenters. The molecule has 0 amide bonds. The molecule has 0 aromatic heterocycles. The van der Waals surface area contributed by atoms with Gasteiger partial charge in [0.2, 0.25) is 0 Å². The number of hydrogen-bond donors (Lipinski definition) is 2. The molecule has 0 radical (unpaired) electrons. The Morgan fingerprint density at radius 3 is 2.11 bits per heavy atom. The van der Waals surface area contributed by atoms with Crippen LogP contribution in [-0.4, -0.2) is 23.5 Å². The second-order valence-corrected chi connectivity index (χ2v) is 2.45. The van der Waals surface area contributed by atoms with Crippen LogP contribution in [0.3, 0.4) is 0 Å². The maximum atomic E-state index is 9.92. The van der Waals surface area contributed by atoms with E-state index in [0.717, 1.165) is 0 Å². The first-order chi connectivity index (χ1) is 4.09.